The van der Waals surface area contributed by atoms with Gasteiger partial charge in [-0.25, -0.2) is 0 Å². The van der Waals surface area contributed by atoms with Gasteiger partial charge in [0.2, 0.25) is 0 Å². The molecule has 6 aromatic rings. The molecule has 0 saturated carbocycles. The van der Waals surface area contributed by atoms with Crippen LogP contribution in [0.1, 0.15) is 0 Å². The minimum Gasteiger partial charge on any atom is -0.308 e. The summed E-state index contributed by atoms with van der Waals surface area (Å²) in [5.74, 6) is 0. The van der Waals surface area contributed by atoms with Crippen LogP contribution in [0.5, 0.6) is 0 Å². The molecule has 6 rings (SSSR count). The molecule has 118 valence electrons. The van der Waals surface area contributed by atoms with Gasteiger partial charge in [-0.1, -0.05) is 74.3 Å². The molecule has 0 unspecified atom stereocenters. The van der Waals surface area contributed by atoms with Crippen LogP contribution in [0.4, 0.5) is 0 Å². The van der Waals surface area contributed by atoms with Crippen molar-refractivity contribution in [1.82, 2.24) is 4.40 Å². The molecule has 4 aromatic carbocycles. The first-order chi connectivity index (χ1) is 12.3. The summed E-state index contributed by atoms with van der Waals surface area (Å²) in [5.41, 5.74) is 3.82. The van der Waals surface area contributed by atoms with Gasteiger partial charge in [0.15, 0.2) is 0 Å². The van der Waals surface area contributed by atoms with E-state index in [4.69, 9.17) is 0 Å². The van der Waals surface area contributed by atoms with Crippen LogP contribution in [-0.2, 0) is 0 Å². The van der Waals surface area contributed by atoms with Gasteiger partial charge in [-0.15, -0.1) is 0 Å². The summed E-state index contributed by atoms with van der Waals surface area (Å²) in [6.07, 6.45) is 0. The minimum absolute atomic E-state index is 1.12. The molecule has 0 N–H and O–H groups in total. The first-order valence-corrected chi connectivity index (χ1v) is 9.78. The number of aromatic nitrogens is 1. The number of halogens is 2. The maximum absolute atomic E-state index is 3.82. The standard InChI is InChI=1S/C22H11Br2N/c23-16-10-9-14-12-5-1-3-7-18(12)25-19-8-4-2-6-13(19)15-11-17(24)21(16)20(14)22(15)25/h1-11H. The topological polar surface area (TPSA) is 4.41 Å². The van der Waals surface area contributed by atoms with Crippen LogP contribution in [0.15, 0.2) is 75.7 Å². The Bertz CT molecular complexity index is 1460. The summed E-state index contributed by atoms with van der Waals surface area (Å²) < 4.78 is 4.68. The second kappa shape index (κ2) is 4.75. The van der Waals surface area contributed by atoms with Crippen molar-refractivity contribution in [3.8, 4) is 0 Å². The van der Waals surface area contributed by atoms with Crippen molar-refractivity contribution in [3.63, 3.8) is 0 Å². The lowest BCUT2D eigenvalue weighted by Crippen LogP contribution is -1.93. The van der Waals surface area contributed by atoms with Crippen LogP contribution in [0.25, 0.3) is 48.9 Å². The van der Waals surface area contributed by atoms with E-state index in [0.717, 1.165) is 8.95 Å². The zero-order valence-electron chi connectivity index (χ0n) is 13.1. The Kier molecular flexibility index (Phi) is 2.68. The minimum atomic E-state index is 1.12. The van der Waals surface area contributed by atoms with E-state index >= 15 is 0 Å². The number of hydrogen-bond donors (Lipinski definition) is 0. The molecule has 0 saturated heterocycles. The van der Waals surface area contributed by atoms with Gasteiger partial charge in [0, 0.05) is 35.9 Å². The fourth-order valence-electron chi connectivity index (χ4n) is 4.28. The highest BCUT2D eigenvalue weighted by Gasteiger charge is 2.20. The third-order valence-corrected chi connectivity index (χ3v) is 6.54. The highest BCUT2D eigenvalue weighted by Crippen LogP contribution is 2.45. The Balaban J connectivity index is 2.17. The Morgan fingerprint density at radius 3 is 1.92 bits per heavy atom. The van der Waals surface area contributed by atoms with E-state index in [0.29, 0.717) is 0 Å². The molecule has 0 radical (unpaired) electrons. The lowest BCUT2D eigenvalue weighted by atomic mass is 9.99. The molecule has 0 aliphatic rings. The second-order valence-electron chi connectivity index (χ2n) is 6.47. The van der Waals surface area contributed by atoms with E-state index in [9.17, 15) is 0 Å². The first-order valence-electron chi connectivity index (χ1n) is 8.19. The monoisotopic (exact) mass is 447 g/mol. The van der Waals surface area contributed by atoms with Gasteiger partial charge in [0.05, 0.1) is 16.6 Å². The summed E-state index contributed by atoms with van der Waals surface area (Å²) >= 11 is 7.58. The lowest BCUT2D eigenvalue weighted by Gasteiger charge is -2.14. The van der Waals surface area contributed by atoms with E-state index in [1.54, 1.807) is 0 Å². The number of benzene rings is 4. The van der Waals surface area contributed by atoms with E-state index in [-0.39, 0.29) is 0 Å². The number of fused-ring (bicyclic) bond motifs is 6. The van der Waals surface area contributed by atoms with Gasteiger partial charge in [-0.05, 0) is 29.7 Å². The maximum Gasteiger partial charge on any atom is 0.0627 e. The summed E-state index contributed by atoms with van der Waals surface area (Å²) in [7, 11) is 0. The Hall–Kier alpha value is -2.10. The normalized spacial score (nSPS) is 12.4. The molecule has 2 aromatic heterocycles. The van der Waals surface area contributed by atoms with E-state index in [1.165, 1.54) is 48.9 Å². The van der Waals surface area contributed by atoms with E-state index < -0.39 is 0 Å². The summed E-state index contributed by atoms with van der Waals surface area (Å²) in [6, 6.07) is 24.0. The molecule has 0 aliphatic carbocycles. The Morgan fingerprint density at radius 1 is 0.560 bits per heavy atom. The van der Waals surface area contributed by atoms with Crippen LogP contribution in [0, 0.1) is 0 Å². The maximum atomic E-state index is 3.82. The molecular formula is C22H11Br2N. The van der Waals surface area contributed by atoms with Crippen LogP contribution in [0.3, 0.4) is 0 Å². The molecule has 0 bridgehead atoms. The first kappa shape index (κ1) is 14.1. The van der Waals surface area contributed by atoms with Crippen molar-refractivity contribution in [2.45, 2.75) is 0 Å². The fourth-order valence-corrected chi connectivity index (χ4v) is 5.73. The second-order valence-corrected chi connectivity index (χ2v) is 8.18. The van der Waals surface area contributed by atoms with Gasteiger partial charge < -0.3 is 4.40 Å². The highest BCUT2D eigenvalue weighted by molar-refractivity contribution is 9.11. The molecule has 3 heteroatoms. The predicted molar refractivity (Wildman–Crippen MR) is 114 cm³/mol. The van der Waals surface area contributed by atoms with Crippen LogP contribution < -0.4 is 0 Å². The quantitative estimate of drug-likeness (QED) is 0.167. The average molecular weight is 449 g/mol. The van der Waals surface area contributed by atoms with Gasteiger partial charge in [0.25, 0.3) is 0 Å². The summed E-state index contributed by atoms with van der Waals surface area (Å²) in [5, 5.41) is 7.73. The molecule has 0 amide bonds. The zero-order chi connectivity index (χ0) is 16.7. The van der Waals surface area contributed by atoms with Crippen LogP contribution >= 0.6 is 31.9 Å². The molecule has 0 fully saturated rings. The van der Waals surface area contributed by atoms with Crippen molar-refractivity contribution in [2.24, 2.45) is 0 Å². The van der Waals surface area contributed by atoms with Gasteiger partial charge >= 0.3 is 0 Å². The van der Waals surface area contributed by atoms with Crippen molar-refractivity contribution < 1.29 is 0 Å². The van der Waals surface area contributed by atoms with Crippen LogP contribution in [0.2, 0.25) is 0 Å². The van der Waals surface area contributed by atoms with Crippen LogP contribution in [-0.4, -0.2) is 4.40 Å². The van der Waals surface area contributed by atoms with Crippen molar-refractivity contribution in [3.05, 3.63) is 75.7 Å². The fraction of sp³-hybridized carbons (Fsp3) is 0. The van der Waals surface area contributed by atoms with Gasteiger partial charge in [-0.3, -0.25) is 0 Å². The molecule has 0 atom stereocenters. The number of rotatable bonds is 0. The number of para-hydroxylation sites is 2. The van der Waals surface area contributed by atoms with Crippen molar-refractivity contribution in [2.75, 3.05) is 0 Å². The lowest BCUT2D eigenvalue weighted by molar-refractivity contribution is 1.35. The predicted octanol–water partition coefficient (Wildman–Crippen LogP) is 7.51. The Labute approximate surface area is 160 Å². The van der Waals surface area contributed by atoms with E-state index in [1.807, 2.05) is 0 Å². The molecule has 0 spiro atoms. The highest BCUT2D eigenvalue weighted by atomic mass is 79.9. The Morgan fingerprint density at radius 2 is 1.20 bits per heavy atom. The average Bonchev–Trinajstić information content (AvgIpc) is 2.97. The smallest absolute Gasteiger partial charge is 0.0627 e. The third-order valence-electron chi connectivity index (χ3n) is 5.25. The number of hydrogen-bond acceptors (Lipinski definition) is 0. The summed E-state index contributed by atoms with van der Waals surface area (Å²) in [6.45, 7) is 0. The van der Waals surface area contributed by atoms with Gasteiger partial charge in [-0.2, -0.15) is 0 Å². The van der Waals surface area contributed by atoms with E-state index in [2.05, 4.69) is 103 Å². The largest absolute Gasteiger partial charge is 0.308 e. The van der Waals surface area contributed by atoms with Gasteiger partial charge in [0.1, 0.15) is 0 Å². The SMILES string of the molecule is Brc1ccc2c3ccccc3n3c4ccccc4c4cc(Br)c1c2c43. The molecule has 25 heavy (non-hydrogen) atoms. The number of pyridine rings is 1. The summed E-state index contributed by atoms with van der Waals surface area (Å²) in [4.78, 5) is 0. The van der Waals surface area contributed by atoms with Crippen molar-refractivity contribution >= 4 is 80.7 Å². The van der Waals surface area contributed by atoms with Crippen molar-refractivity contribution in [1.29, 1.82) is 0 Å². The molecule has 1 nitrogen and oxygen atoms in total. The third kappa shape index (κ3) is 1.63. The number of nitrogens with zero attached hydrogens (tertiary/aromatic N) is 1. The zero-order valence-corrected chi connectivity index (χ0v) is 16.2. The molecule has 2 heterocycles. The molecular weight excluding hydrogens is 438 g/mol. The molecule has 0 aliphatic heterocycles.